The number of hydrogen-bond donors (Lipinski definition) is 1. The summed E-state index contributed by atoms with van der Waals surface area (Å²) in [6.07, 6.45) is 8.07. The van der Waals surface area contributed by atoms with Crippen molar-refractivity contribution in [2.45, 2.75) is 52.4 Å². The van der Waals surface area contributed by atoms with E-state index < -0.39 is 0 Å². The van der Waals surface area contributed by atoms with Gasteiger partial charge in [0.05, 0.1) is 5.69 Å². The Labute approximate surface area is 116 Å². The largest absolute Gasteiger partial charge is 0.384 e. The molecule has 0 aromatic carbocycles. The fraction of sp³-hybridized carbons (Fsp3) is 0.812. The van der Waals surface area contributed by atoms with Crippen molar-refractivity contribution in [3.05, 3.63) is 11.3 Å². The molecule has 2 bridgehead atoms. The summed E-state index contributed by atoms with van der Waals surface area (Å²) >= 11 is 0. The SMILES string of the molecule is CC(C)Cc1c(CC2CC3CCC2C3)nn(C)c1N. The number of aryl methyl sites for hydroxylation is 1. The van der Waals surface area contributed by atoms with Crippen LogP contribution in [0.25, 0.3) is 0 Å². The average Bonchev–Trinajstić information content (AvgIpc) is 3.01. The average molecular weight is 261 g/mol. The minimum absolute atomic E-state index is 0.644. The van der Waals surface area contributed by atoms with Crippen molar-refractivity contribution in [3.63, 3.8) is 0 Å². The van der Waals surface area contributed by atoms with E-state index in [1.165, 1.54) is 36.9 Å². The predicted molar refractivity (Wildman–Crippen MR) is 78.8 cm³/mol. The van der Waals surface area contributed by atoms with Crippen LogP contribution in [0, 0.1) is 23.7 Å². The van der Waals surface area contributed by atoms with Gasteiger partial charge in [-0.2, -0.15) is 5.10 Å². The summed E-state index contributed by atoms with van der Waals surface area (Å²) < 4.78 is 1.88. The summed E-state index contributed by atoms with van der Waals surface area (Å²) in [4.78, 5) is 0. The van der Waals surface area contributed by atoms with Gasteiger partial charge in [-0.15, -0.1) is 0 Å². The third-order valence-corrected chi connectivity index (χ3v) is 5.23. The van der Waals surface area contributed by atoms with Crippen LogP contribution in [0.1, 0.15) is 50.8 Å². The molecule has 3 heteroatoms. The van der Waals surface area contributed by atoms with Gasteiger partial charge in [0.1, 0.15) is 5.82 Å². The monoisotopic (exact) mass is 261 g/mol. The molecule has 3 atom stereocenters. The van der Waals surface area contributed by atoms with Gasteiger partial charge in [-0.05, 0) is 55.8 Å². The van der Waals surface area contributed by atoms with Gasteiger partial charge < -0.3 is 5.73 Å². The second-order valence-corrected chi connectivity index (χ2v) is 7.17. The molecule has 1 aromatic rings. The van der Waals surface area contributed by atoms with Crippen LogP contribution in [-0.4, -0.2) is 9.78 Å². The maximum Gasteiger partial charge on any atom is 0.124 e. The van der Waals surface area contributed by atoms with E-state index in [0.717, 1.165) is 36.4 Å². The molecule has 1 heterocycles. The zero-order valence-electron chi connectivity index (χ0n) is 12.5. The highest BCUT2D eigenvalue weighted by atomic mass is 15.3. The van der Waals surface area contributed by atoms with Crippen LogP contribution >= 0.6 is 0 Å². The van der Waals surface area contributed by atoms with Crippen LogP contribution in [0.15, 0.2) is 0 Å². The highest BCUT2D eigenvalue weighted by molar-refractivity contribution is 5.44. The summed E-state index contributed by atoms with van der Waals surface area (Å²) in [5, 5.41) is 4.70. The Balaban J connectivity index is 1.78. The Morgan fingerprint density at radius 2 is 2.11 bits per heavy atom. The van der Waals surface area contributed by atoms with Crippen LogP contribution in [-0.2, 0) is 19.9 Å². The maximum atomic E-state index is 6.20. The van der Waals surface area contributed by atoms with Gasteiger partial charge in [0.15, 0.2) is 0 Å². The van der Waals surface area contributed by atoms with Crippen molar-refractivity contribution < 1.29 is 0 Å². The molecule has 2 N–H and O–H groups in total. The molecule has 2 fully saturated rings. The number of nitrogens with zero attached hydrogens (tertiary/aromatic N) is 2. The summed E-state index contributed by atoms with van der Waals surface area (Å²) in [6, 6.07) is 0. The lowest BCUT2D eigenvalue weighted by molar-refractivity contribution is 0.328. The van der Waals surface area contributed by atoms with Crippen molar-refractivity contribution in [2.24, 2.45) is 30.7 Å². The minimum Gasteiger partial charge on any atom is -0.384 e. The smallest absolute Gasteiger partial charge is 0.124 e. The van der Waals surface area contributed by atoms with E-state index in [4.69, 9.17) is 10.8 Å². The second kappa shape index (κ2) is 4.84. The van der Waals surface area contributed by atoms with Gasteiger partial charge in [-0.25, -0.2) is 0 Å². The number of aromatic nitrogens is 2. The molecule has 3 rings (SSSR count). The van der Waals surface area contributed by atoms with E-state index in [1.54, 1.807) is 0 Å². The molecule has 3 unspecified atom stereocenters. The lowest BCUT2D eigenvalue weighted by Crippen LogP contribution is -2.14. The molecule has 0 amide bonds. The van der Waals surface area contributed by atoms with Crippen molar-refractivity contribution >= 4 is 5.82 Å². The molecular formula is C16H27N3. The minimum atomic E-state index is 0.644. The van der Waals surface area contributed by atoms with Crippen LogP contribution in [0.4, 0.5) is 5.82 Å². The first-order chi connectivity index (χ1) is 9.04. The second-order valence-electron chi connectivity index (χ2n) is 7.17. The van der Waals surface area contributed by atoms with Crippen molar-refractivity contribution in [2.75, 3.05) is 5.73 Å². The normalized spacial score (nSPS) is 29.6. The van der Waals surface area contributed by atoms with Gasteiger partial charge in [0.25, 0.3) is 0 Å². The zero-order valence-corrected chi connectivity index (χ0v) is 12.5. The van der Waals surface area contributed by atoms with Gasteiger partial charge >= 0.3 is 0 Å². The number of rotatable bonds is 4. The molecule has 19 heavy (non-hydrogen) atoms. The Hall–Kier alpha value is -0.990. The molecule has 1 aromatic heterocycles. The number of hydrogen-bond acceptors (Lipinski definition) is 2. The van der Waals surface area contributed by atoms with Crippen LogP contribution in [0.5, 0.6) is 0 Å². The highest BCUT2D eigenvalue weighted by Crippen LogP contribution is 2.49. The van der Waals surface area contributed by atoms with E-state index in [1.807, 2.05) is 11.7 Å². The van der Waals surface area contributed by atoms with Gasteiger partial charge in [0.2, 0.25) is 0 Å². The first-order valence-electron chi connectivity index (χ1n) is 7.84. The number of anilines is 1. The summed E-state index contributed by atoms with van der Waals surface area (Å²) in [5.41, 5.74) is 8.81. The van der Waals surface area contributed by atoms with Crippen LogP contribution in [0.2, 0.25) is 0 Å². The van der Waals surface area contributed by atoms with E-state index in [-0.39, 0.29) is 0 Å². The molecular weight excluding hydrogens is 234 g/mol. The Morgan fingerprint density at radius 3 is 2.68 bits per heavy atom. The van der Waals surface area contributed by atoms with E-state index >= 15 is 0 Å². The molecule has 2 saturated carbocycles. The summed E-state index contributed by atoms with van der Waals surface area (Å²) in [5.74, 6) is 4.39. The molecule has 2 aliphatic carbocycles. The van der Waals surface area contributed by atoms with Gasteiger partial charge in [0, 0.05) is 12.6 Å². The molecule has 0 radical (unpaired) electrons. The molecule has 0 aliphatic heterocycles. The fourth-order valence-electron chi connectivity index (χ4n) is 4.31. The first-order valence-corrected chi connectivity index (χ1v) is 7.84. The third kappa shape index (κ3) is 2.39. The standard InChI is InChI=1S/C16H27N3/c1-10(2)6-14-15(18-19(3)16(14)17)9-13-8-11-4-5-12(13)7-11/h10-13H,4-9,17H2,1-3H3. The zero-order chi connectivity index (χ0) is 13.6. The first kappa shape index (κ1) is 13.0. The van der Waals surface area contributed by atoms with Gasteiger partial charge in [-0.3, -0.25) is 4.68 Å². The quantitative estimate of drug-likeness (QED) is 0.904. The van der Waals surface area contributed by atoms with Crippen LogP contribution in [0.3, 0.4) is 0 Å². The lowest BCUT2D eigenvalue weighted by Gasteiger charge is -2.21. The van der Waals surface area contributed by atoms with Crippen LogP contribution < -0.4 is 5.73 Å². The number of fused-ring (bicyclic) bond motifs is 2. The maximum absolute atomic E-state index is 6.20. The molecule has 2 aliphatic rings. The van der Waals surface area contributed by atoms with E-state index in [9.17, 15) is 0 Å². The Bertz CT molecular complexity index is 461. The van der Waals surface area contributed by atoms with E-state index in [0.29, 0.717) is 5.92 Å². The Kier molecular flexibility index (Phi) is 3.32. The van der Waals surface area contributed by atoms with Crippen molar-refractivity contribution in [1.82, 2.24) is 9.78 Å². The predicted octanol–water partition coefficient (Wildman–Crippen LogP) is 3.18. The fourth-order valence-corrected chi connectivity index (χ4v) is 4.31. The van der Waals surface area contributed by atoms with Crippen molar-refractivity contribution in [1.29, 1.82) is 0 Å². The summed E-state index contributed by atoms with van der Waals surface area (Å²) in [6.45, 7) is 4.52. The molecule has 106 valence electrons. The summed E-state index contributed by atoms with van der Waals surface area (Å²) in [7, 11) is 1.98. The highest BCUT2D eigenvalue weighted by Gasteiger charge is 2.39. The lowest BCUT2D eigenvalue weighted by atomic mass is 9.84. The molecule has 0 saturated heterocycles. The third-order valence-electron chi connectivity index (χ3n) is 5.23. The molecule has 3 nitrogen and oxygen atoms in total. The van der Waals surface area contributed by atoms with E-state index in [2.05, 4.69) is 13.8 Å². The topological polar surface area (TPSA) is 43.8 Å². The Morgan fingerprint density at radius 1 is 1.32 bits per heavy atom. The molecule has 0 spiro atoms. The number of nitrogens with two attached hydrogens (primary N) is 1. The van der Waals surface area contributed by atoms with Gasteiger partial charge in [-0.1, -0.05) is 20.3 Å². The number of nitrogen functional groups attached to an aromatic ring is 1. The van der Waals surface area contributed by atoms with Crippen molar-refractivity contribution in [3.8, 4) is 0 Å².